The number of methoxy groups -OCH3 is 1. The molecular formula is C42H54N12O9. The Morgan fingerprint density at radius 3 is 1.48 bits per heavy atom. The van der Waals surface area contributed by atoms with Gasteiger partial charge in [0.1, 0.15) is 33.9 Å². The molecule has 4 amide bonds. The maximum atomic E-state index is 14.0. The van der Waals surface area contributed by atoms with Gasteiger partial charge in [-0.1, -0.05) is 0 Å². The number of aromatic nitrogens is 8. The van der Waals surface area contributed by atoms with E-state index in [1.165, 1.54) is 49.9 Å². The number of primary amides is 2. The number of carbonyl (C=O) groups is 4. The van der Waals surface area contributed by atoms with Gasteiger partial charge in [-0.3, -0.25) is 28.5 Å². The molecule has 2 aromatic carbocycles. The Balaban J connectivity index is 1.56. The summed E-state index contributed by atoms with van der Waals surface area (Å²) < 4.78 is 21.3. The second-order valence-corrected chi connectivity index (χ2v) is 14.8. The van der Waals surface area contributed by atoms with Crippen LogP contribution in [0.25, 0.3) is 22.1 Å². The summed E-state index contributed by atoms with van der Waals surface area (Å²) in [6.45, 7) is 11.2. The number of carbonyl (C=O) groups excluding carboxylic acids is 4. The zero-order valence-corrected chi connectivity index (χ0v) is 36.4. The third kappa shape index (κ3) is 8.92. The molecule has 336 valence electrons. The SMILES string of the molecule is CCn1nc(C)cc1C(=O)N=c1n(CC)c2cc(C(N)=O)cc(OC)c2n1CC(O)C(O)Cn1c(=NC(=O)c2cc(C)nn2CC)n(CC)c2cc(C(N)=O)cc(OCCCO)c21. The first kappa shape index (κ1) is 45.7. The number of aliphatic hydroxyl groups is 3. The van der Waals surface area contributed by atoms with E-state index in [4.69, 9.17) is 20.9 Å². The van der Waals surface area contributed by atoms with Gasteiger partial charge in [0, 0.05) is 50.3 Å². The maximum Gasteiger partial charge on any atom is 0.298 e. The molecule has 63 heavy (non-hydrogen) atoms. The number of aliphatic hydroxyl groups excluding tert-OH is 3. The average Bonchev–Trinajstić information content (AvgIpc) is 4.00. The summed E-state index contributed by atoms with van der Waals surface area (Å²) in [6, 6.07) is 9.17. The zero-order chi connectivity index (χ0) is 45.9. The van der Waals surface area contributed by atoms with E-state index in [1.54, 1.807) is 42.0 Å². The number of amides is 4. The Hall–Kier alpha value is -6.84. The van der Waals surface area contributed by atoms with Gasteiger partial charge in [0.2, 0.25) is 23.1 Å². The molecule has 0 aliphatic carbocycles. The molecule has 0 saturated carbocycles. The van der Waals surface area contributed by atoms with Crippen molar-refractivity contribution in [3.8, 4) is 11.5 Å². The number of rotatable bonds is 18. The topological polar surface area (TPSA) is 280 Å². The highest BCUT2D eigenvalue weighted by Gasteiger charge is 2.28. The van der Waals surface area contributed by atoms with Crippen molar-refractivity contribution >= 4 is 45.7 Å². The van der Waals surface area contributed by atoms with Crippen molar-refractivity contribution in [3.63, 3.8) is 0 Å². The zero-order valence-electron chi connectivity index (χ0n) is 36.4. The van der Waals surface area contributed by atoms with Crippen LogP contribution < -0.4 is 32.2 Å². The van der Waals surface area contributed by atoms with E-state index in [1.807, 2.05) is 20.8 Å². The molecule has 4 aromatic heterocycles. The molecule has 0 saturated heterocycles. The molecule has 6 rings (SSSR count). The van der Waals surface area contributed by atoms with Crippen molar-refractivity contribution in [1.29, 1.82) is 0 Å². The fourth-order valence-corrected chi connectivity index (χ4v) is 7.69. The summed E-state index contributed by atoms with van der Waals surface area (Å²) >= 11 is 0. The predicted octanol–water partition coefficient (Wildman–Crippen LogP) is 1.16. The second-order valence-electron chi connectivity index (χ2n) is 14.8. The monoisotopic (exact) mass is 870 g/mol. The third-order valence-corrected chi connectivity index (χ3v) is 10.6. The highest BCUT2D eigenvalue weighted by molar-refractivity contribution is 6.00. The second kappa shape index (κ2) is 19.1. The lowest BCUT2D eigenvalue weighted by Gasteiger charge is -2.21. The molecule has 0 bridgehead atoms. The van der Waals surface area contributed by atoms with Crippen LogP contribution in [0.15, 0.2) is 46.4 Å². The van der Waals surface area contributed by atoms with Crippen LogP contribution in [-0.2, 0) is 39.3 Å². The molecule has 7 N–H and O–H groups in total. The molecule has 0 radical (unpaired) electrons. The minimum absolute atomic E-state index is 0.0394. The van der Waals surface area contributed by atoms with Gasteiger partial charge < -0.3 is 54.5 Å². The van der Waals surface area contributed by atoms with Crippen molar-refractivity contribution in [1.82, 2.24) is 37.8 Å². The van der Waals surface area contributed by atoms with Gasteiger partial charge in [-0.15, -0.1) is 0 Å². The molecule has 0 spiro atoms. The number of ether oxygens (including phenoxy) is 2. The van der Waals surface area contributed by atoms with E-state index >= 15 is 0 Å². The van der Waals surface area contributed by atoms with Crippen LogP contribution in [0.1, 0.15) is 87.2 Å². The van der Waals surface area contributed by atoms with Gasteiger partial charge in [0.25, 0.3) is 11.8 Å². The smallest absolute Gasteiger partial charge is 0.298 e. The lowest BCUT2D eigenvalue weighted by molar-refractivity contribution is -0.000282. The Morgan fingerprint density at radius 1 is 0.667 bits per heavy atom. The van der Waals surface area contributed by atoms with Crippen molar-refractivity contribution in [3.05, 3.63) is 81.5 Å². The molecule has 2 atom stereocenters. The fraction of sp³-hybridized carbons (Fsp3) is 0.429. The van der Waals surface area contributed by atoms with Gasteiger partial charge in [-0.25, -0.2) is 0 Å². The number of nitrogens with two attached hydrogens (primary N) is 2. The Bertz CT molecular complexity index is 2870. The summed E-state index contributed by atoms with van der Waals surface area (Å²) in [6.07, 6.45) is -2.98. The van der Waals surface area contributed by atoms with Crippen LogP contribution in [0.2, 0.25) is 0 Å². The summed E-state index contributed by atoms with van der Waals surface area (Å²) in [4.78, 5) is 62.1. The number of benzene rings is 2. The summed E-state index contributed by atoms with van der Waals surface area (Å²) in [5.74, 6) is -2.41. The first-order valence-electron chi connectivity index (χ1n) is 20.6. The standard InChI is InChI=1S/C42H54N12O9/c1-8-49-27-17-25(37(43)58)19-33(62-7)35(27)51(41(49)45-39(60)29-15-23(5)47-53(29)10-3)21-31(56)32(57)22-52-36-28(18-26(38(44)59)20-34(36)63-14-12-13-55)50(9-2)42(52)46-40(61)30-16-24(6)48-54(30)11-4/h15-20,31-32,55-57H,8-14,21-22H2,1-7H3,(H2,43,58)(H2,44,59). The number of fused-ring (bicyclic) bond motifs is 2. The van der Waals surface area contributed by atoms with Gasteiger partial charge in [0.15, 0.2) is 0 Å². The summed E-state index contributed by atoms with van der Waals surface area (Å²) in [5, 5.41) is 42.5. The lowest BCUT2D eigenvalue weighted by Crippen LogP contribution is -2.40. The summed E-state index contributed by atoms with van der Waals surface area (Å²) in [5.41, 5.74) is 14.9. The first-order valence-corrected chi connectivity index (χ1v) is 20.6. The van der Waals surface area contributed by atoms with E-state index in [-0.39, 0.29) is 91.1 Å². The van der Waals surface area contributed by atoms with Crippen molar-refractivity contribution in [2.45, 2.75) is 99.4 Å². The minimum Gasteiger partial charge on any atom is -0.494 e. The normalized spacial score (nSPS) is 13.3. The van der Waals surface area contributed by atoms with E-state index in [0.29, 0.717) is 46.5 Å². The van der Waals surface area contributed by atoms with E-state index in [2.05, 4.69) is 20.2 Å². The number of imidazole rings is 2. The highest BCUT2D eigenvalue weighted by Crippen LogP contribution is 2.30. The third-order valence-electron chi connectivity index (χ3n) is 10.6. The van der Waals surface area contributed by atoms with Crippen LogP contribution >= 0.6 is 0 Å². The Labute approximate surface area is 361 Å². The molecular weight excluding hydrogens is 817 g/mol. The molecule has 4 heterocycles. The van der Waals surface area contributed by atoms with Gasteiger partial charge in [-0.2, -0.15) is 20.2 Å². The Kier molecular flexibility index (Phi) is 13.8. The lowest BCUT2D eigenvalue weighted by atomic mass is 10.1. The van der Waals surface area contributed by atoms with Gasteiger partial charge >= 0.3 is 0 Å². The van der Waals surface area contributed by atoms with E-state index in [0.717, 1.165) is 0 Å². The van der Waals surface area contributed by atoms with Crippen LogP contribution in [0.5, 0.6) is 11.5 Å². The number of hydrogen-bond acceptors (Lipinski definition) is 11. The van der Waals surface area contributed by atoms with E-state index in [9.17, 15) is 34.5 Å². The molecule has 21 heteroatoms. The van der Waals surface area contributed by atoms with Crippen LogP contribution in [0.4, 0.5) is 0 Å². The van der Waals surface area contributed by atoms with Crippen molar-refractivity contribution < 1.29 is 44.0 Å². The number of hydrogen-bond donors (Lipinski definition) is 5. The molecule has 6 aromatic rings. The molecule has 0 aliphatic heterocycles. The average molecular weight is 871 g/mol. The fourth-order valence-electron chi connectivity index (χ4n) is 7.69. The van der Waals surface area contributed by atoms with Gasteiger partial charge in [0.05, 0.1) is 61.4 Å². The minimum atomic E-state index is -1.62. The number of aryl methyl sites for hydroxylation is 6. The van der Waals surface area contributed by atoms with Gasteiger partial charge in [-0.05, 0) is 77.9 Å². The van der Waals surface area contributed by atoms with Crippen molar-refractivity contribution in [2.75, 3.05) is 20.3 Å². The summed E-state index contributed by atoms with van der Waals surface area (Å²) in [7, 11) is 1.40. The predicted molar refractivity (Wildman–Crippen MR) is 229 cm³/mol. The molecule has 0 aliphatic rings. The largest absolute Gasteiger partial charge is 0.494 e. The van der Waals surface area contributed by atoms with Crippen LogP contribution in [0.3, 0.4) is 0 Å². The molecule has 21 nitrogen and oxygen atoms in total. The van der Waals surface area contributed by atoms with E-state index < -0.39 is 35.8 Å². The number of nitrogens with zero attached hydrogens (tertiary/aromatic N) is 10. The Morgan fingerprint density at radius 2 is 1.10 bits per heavy atom. The first-order chi connectivity index (χ1) is 30.1. The van der Waals surface area contributed by atoms with Crippen LogP contribution in [-0.4, -0.2) is 109 Å². The highest BCUT2D eigenvalue weighted by atomic mass is 16.5. The maximum absolute atomic E-state index is 14.0. The van der Waals surface area contributed by atoms with Crippen LogP contribution in [0, 0.1) is 13.8 Å². The quantitative estimate of drug-likeness (QED) is 0.0765. The van der Waals surface area contributed by atoms with Crippen molar-refractivity contribution in [2.24, 2.45) is 21.5 Å². The molecule has 0 fully saturated rings. The molecule has 2 unspecified atom stereocenters.